The molecule has 1 N–H and O–H groups in total. The van der Waals surface area contributed by atoms with Gasteiger partial charge in [-0.1, -0.05) is 52.6 Å². The second-order valence-corrected chi connectivity index (χ2v) is 8.19. The van der Waals surface area contributed by atoms with Crippen molar-refractivity contribution in [3.05, 3.63) is 57.0 Å². The molecule has 0 aliphatic carbocycles. The maximum absolute atomic E-state index is 12.3. The maximum atomic E-state index is 12.3. The quantitative estimate of drug-likeness (QED) is 0.466. The van der Waals surface area contributed by atoms with Gasteiger partial charge in [0, 0.05) is 27.8 Å². The number of hydrogen-bond acceptors (Lipinski definition) is 4. The summed E-state index contributed by atoms with van der Waals surface area (Å²) in [4.78, 5) is 12.3. The van der Waals surface area contributed by atoms with Gasteiger partial charge in [0.25, 0.3) is 0 Å². The van der Waals surface area contributed by atoms with Crippen LogP contribution in [0.2, 0.25) is 15.1 Å². The van der Waals surface area contributed by atoms with Crippen LogP contribution in [0.15, 0.2) is 41.6 Å². The molecule has 0 spiro atoms. The summed E-state index contributed by atoms with van der Waals surface area (Å²) in [6.45, 7) is 4.53. The van der Waals surface area contributed by atoms with Gasteiger partial charge >= 0.3 is 0 Å². The Kier molecular flexibility index (Phi) is 6.88. The highest BCUT2D eigenvalue weighted by molar-refractivity contribution is 7.99. The van der Waals surface area contributed by atoms with Gasteiger partial charge in [-0.2, -0.15) is 0 Å². The van der Waals surface area contributed by atoms with E-state index in [1.165, 1.54) is 11.8 Å². The zero-order valence-corrected chi connectivity index (χ0v) is 18.3. The minimum atomic E-state index is -0.146. The molecule has 0 fully saturated rings. The summed E-state index contributed by atoms with van der Waals surface area (Å²) in [7, 11) is 0. The molecule has 1 heterocycles. The lowest BCUT2D eigenvalue weighted by Crippen LogP contribution is -2.15. The van der Waals surface area contributed by atoms with E-state index >= 15 is 0 Å². The summed E-state index contributed by atoms with van der Waals surface area (Å²) in [5.74, 6) is 0.684. The second kappa shape index (κ2) is 9.18. The number of aromatic nitrogens is 3. The van der Waals surface area contributed by atoms with Crippen LogP contribution in [-0.2, 0) is 11.3 Å². The Morgan fingerprint density at radius 1 is 1.11 bits per heavy atom. The van der Waals surface area contributed by atoms with Crippen LogP contribution in [0, 0.1) is 6.92 Å². The van der Waals surface area contributed by atoms with Crippen molar-refractivity contribution >= 4 is 58.2 Å². The molecule has 146 valence electrons. The number of halogens is 3. The zero-order chi connectivity index (χ0) is 20.3. The molecule has 0 aliphatic heterocycles. The van der Waals surface area contributed by atoms with Crippen molar-refractivity contribution in [2.24, 2.45) is 0 Å². The third kappa shape index (κ3) is 4.81. The summed E-state index contributed by atoms with van der Waals surface area (Å²) in [5, 5.41) is 13.6. The molecule has 28 heavy (non-hydrogen) atoms. The molecule has 0 saturated carbocycles. The summed E-state index contributed by atoms with van der Waals surface area (Å²) < 4.78 is 1.91. The smallest absolute Gasteiger partial charge is 0.234 e. The molecule has 1 aromatic heterocycles. The number of nitrogens with one attached hydrogen (secondary N) is 1. The fourth-order valence-electron chi connectivity index (χ4n) is 2.60. The number of rotatable bonds is 6. The lowest BCUT2D eigenvalue weighted by atomic mass is 10.2. The highest BCUT2D eigenvalue weighted by Gasteiger charge is 2.17. The number of thioether (sulfide) groups is 1. The highest BCUT2D eigenvalue weighted by Crippen LogP contribution is 2.31. The summed E-state index contributed by atoms with van der Waals surface area (Å²) in [5.41, 5.74) is 2.38. The number of benzene rings is 2. The molecule has 3 rings (SSSR count). The normalized spacial score (nSPS) is 10.9. The van der Waals surface area contributed by atoms with E-state index in [-0.39, 0.29) is 11.7 Å². The first-order valence-corrected chi connectivity index (χ1v) is 10.6. The van der Waals surface area contributed by atoms with Crippen molar-refractivity contribution in [2.45, 2.75) is 25.5 Å². The van der Waals surface area contributed by atoms with Crippen LogP contribution in [0.1, 0.15) is 12.5 Å². The third-order valence-electron chi connectivity index (χ3n) is 4.01. The number of amides is 1. The number of nitrogens with zero attached hydrogens (tertiary/aromatic N) is 3. The van der Waals surface area contributed by atoms with Crippen LogP contribution in [0.5, 0.6) is 0 Å². The largest absolute Gasteiger partial charge is 0.325 e. The van der Waals surface area contributed by atoms with E-state index in [4.69, 9.17) is 34.8 Å². The van der Waals surface area contributed by atoms with Gasteiger partial charge in [-0.3, -0.25) is 4.79 Å². The Labute approximate surface area is 182 Å². The minimum absolute atomic E-state index is 0.146. The molecule has 0 saturated heterocycles. The summed E-state index contributed by atoms with van der Waals surface area (Å²) in [6.07, 6.45) is 0. The summed E-state index contributed by atoms with van der Waals surface area (Å²) in [6, 6.07) is 10.6. The van der Waals surface area contributed by atoms with Crippen molar-refractivity contribution in [3.8, 4) is 11.4 Å². The van der Waals surface area contributed by atoms with Crippen LogP contribution in [0.4, 0.5) is 5.69 Å². The highest BCUT2D eigenvalue weighted by atomic mass is 35.5. The van der Waals surface area contributed by atoms with Gasteiger partial charge in [-0.05, 0) is 49.7 Å². The van der Waals surface area contributed by atoms with Crippen LogP contribution < -0.4 is 5.32 Å². The van der Waals surface area contributed by atoms with Crippen molar-refractivity contribution in [3.63, 3.8) is 0 Å². The van der Waals surface area contributed by atoms with Crippen molar-refractivity contribution in [1.29, 1.82) is 0 Å². The van der Waals surface area contributed by atoms with Crippen molar-refractivity contribution in [1.82, 2.24) is 14.8 Å². The molecule has 5 nitrogen and oxygen atoms in total. The predicted octanol–water partition coefficient (Wildman–Crippen LogP) is 5.96. The summed E-state index contributed by atoms with van der Waals surface area (Å²) >= 11 is 19.6. The molecule has 0 aliphatic rings. The molecule has 9 heteroatoms. The monoisotopic (exact) mass is 454 g/mol. The van der Waals surface area contributed by atoms with E-state index in [2.05, 4.69) is 15.5 Å². The van der Waals surface area contributed by atoms with Crippen LogP contribution in [0.25, 0.3) is 11.4 Å². The Morgan fingerprint density at radius 3 is 2.54 bits per heavy atom. The fourth-order valence-corrected chi connectivity index (χ4v) is 4.06. The molecular formula is C19H17Cl3N4OS. The molecule has 3 aromatic rings. The van der Waals surface area contributed by atoms with E-state index in [0.717, 1.165) is 11.1 Å². The van der Waals surface area contributed by atoms with E-state index in [1.54, 1.807) is 24.3 Å². The van der Waals surface area contributed by atoms with Crippen LogP contribution in [0.3, 0.4) is 0 Å². The maximum Gasteiger partial charge on any atom is 0.234 e. The molecule has 1 amide bonds. The average Bonchev–Trinajstić information content (AvgIpc) is 3.05. The SMILES string of the molecule is CCn1c(SCC(=O)Nc2cc(Cl)ccc2C)nnc1-c1ccc(Cl)cc1Cl. The van der Waals surface area contributed by atoms with Gasteiger partial charge in [-0.15, -0.1) is 10.2 Å². The van der Waals surface area contributed by atoms with Gasteiger partial charge in [0.1, 0.15) is 0 Å². The molecule has 0 unspecified atom stereocenters. The van der Waals surface area contributed by atoms with Gasteiger partial charge in [-0.25, -0.2) is 0 Å². The van der Waals surface area contributed by atoms with Crippen molar-refractivity contribution in [2.75, 3.05) is 11.1 Å². The second-order valence-electron chi connectivity index (χ2n) is 5.97. The predicted molar refractivity (Wildman–Crippen MR) is 117 cm³/mol. The Morgan fingerprint density at radius 2 is 1.82 bits per heavy atom. The lowest BCUT2D eigenvalue weighted by molar-refractivity contribution is -0.113. The number of anilines is 1. The van der Waals surface area contributed by atoms with Crippen molar-refractivity contribution < 1.29 is 4.79 Å². The Bertz CT molecular complexity index is 1020. The number of carbonyl (C=O) groups is 1. The van der Waals surface area contributed by atoms with Crippen LogP contribution >= 0.6 is 46.6 Å². The lowest BCUT2D eigenvalue weighted by Gasteiger charge is -2.10. The van der Waals surface area contributed by atoms with Crippen LogP contribution in [-0.4, -0.2) is 26.4 Å². The van der Waals surface area contributed by atoms with E-state index in [9.17, 15) is 4.79 Å². The number of hydrogen-bond donors (Lipinski definition) is 1. The third-order valence-corrected chi connectivity index (χ3v) is 5.76. The van der Waals surface area contributed by atoms with Gasteiger partial charge < -0.3 is 9.88 Å². The van der Waals surface area contributed by atoms with E-state index in [1.807, 2.05) is 30.5 Å². The van der Waals surface area contributed by atoms with E-state index in [0.29, 0.717) is 38.3 Å². The first kappa shape index (κ1) is 21.0. The van der Waals surface area contributed by atoms with Gasteiger partial charge in [0.05, 0.1) is 10.8 Å². The average molecular weight is 456 g/mol. The topological polar surface area (TPSA) is 59.8 Å². The molecule has 0 atom stereocenters. The first-order valence-electron chi connectivity index (χ1n) is 8.46. The molecule has 0 bridgehead atoms. The fraction of sp³-hybridized carbons (Fsp3) is 0.211. The Balaban J connectivity index is 1.73. The molecule has 0 radical (unpaired) electrons. The minimum Gasteiger partial charge on any atom is -0.325 e. The molecular weight excluding hydrogens is 439 g/mol. The van der Waals surface area contributed by atoms with Gasteiger partial charge in [0.2, 0.25) is 5.91 Å². The molecule has 2 aromatic carbocycles. The number of carbonyl (C=O) groups excluding carboxylic acids is 1. The zero-order valence-electron chi connectivity index (χ0n) is 15.2. The van der Waals surface area contributed by atoms with E-state index < -0.39 is 0 Å². The number of aryl methyl sites for hydroxylation is 1. The first-order chi connectivity index (χ1) is 13.4. The van der Waals surface area contributed by atoms with Gasteiger partial charge in [0.15, 0.2) is 11.0 Å². The standard InChI is InChI=1S/C19H17Cl3N4OS/c1-3-26-18(14-7-6-12(20)8-15(14)22)24-25-19(26)28-10-17(27)23-16-9-13(21)5-4-11(16)2/h4-9H,3,10H2,1-2H3,(H,23,27). The Hall–Kier alpha value is -1.73.